The fraction of sp³-hybridized carbons (Fsp3) is 0.286. The highest BCUT2D eigenvalue weighted by Crippen LogP contribution is 2.25. The lowest BCUT2D eigenvalue weighted by atomic mass is 10.1. The molecule has 0 aliphatic rings. The van der Waals surface area contributed by atoms with E-state index in [2.05, 4.69) is 18.8 Å². The second kappa shape index (κ2) is 5.14. The molecule has 0 atom stereocenters. The van der Waals surface area contributed by atoms with Crippen molar-refractivity contribution in [2.24, 2.45) is 0 Å². The molecule has 100 valence electrons. The summed E-state index contributed by atoms with van der Waals surface area (Å²) < 4.78 is 7.08. The molecule has 0 aliphatic heterocycles. The summed E-state index contributed by atoms with van der Waals surface area (Å²) in [6, 6.07) is 4.77. The van der Waals surface area contributed by atoms with Crippen molar-refractivity contribution in [3.05, 3.63) is 42.0 Å². The van der Waals surface area contributed by atoms with Gasteiger partial charge in [-0.15, -0.1) is 0 Å². The zero-order valence-corrected chi connectivity index (χ0v) is 11.1. The summed E-state index contributed by atoms with van der Waals surface area (Å²) in [4.78, 5) is 15.3. The van der Waals surface area contributed by atoms with Crippen LogP contribution in [0.4, 0.5) is 0 Å². The predicted molar refractivity (Wildman–Crippen MR) is 71.2 cm³/mol. The van der Waals surface area contributed by atoms with Crippen molar-refractivity contribution < 1.29 is 14.6 Å². The number of carbonyl (C=O) groups is 1. The van der Waals surface area contributed by atoms with Crippen LogP contribution >= 0.6 is 0 Å². The van der Waals surface area contributed by atoms with E-state index in [9.17, 15) is 4.79 Å². The van der Waals surface area contributed by atoms with Crippen LogP contribution in [0.5, 0.6) is 5.75 Å². The second-order valence-corrected chi connectivity index (χ2v) is 4.55. The number of carboxylic acids is 1. The van der Waals surface area contributed by atoms with Gasteiger partial charge in [-0.3, -0.25) is 0 Å². The van der Waals surface area contributed by atoms with E-state index in [4.69, 9.17) is 9.84 Å². The van der Waals surface area contributed by atoms with E-state index in [-0.39, 0.29) is 5.56 Å². The third-order valence-electron chi connectivity index (χ3n) is 2.90. The quantitative estimate of drug-likeness (QED) is 0.918. The number of hydrogen-bond donors (Lipinski definition) is 1. The van der Waals surface area contributed by atoms with Crippen LogP contribution in [0.1, 0.15) is 35.8 Å². The van der Waals surface area contributed by atoms with Crippen molar-refractivity contribution in [2.75, 3.05) is 7.11 Å². The monoisotopic (exact) mass is 260 g/mol. The van der Waals surface area contributed by atoms with Crippen LogP contribution in [-0.4, -0.2) is 27.7 Å². The first kappa shape index (κ1) is 13.1. The zero-order valence-electron chi connectivity index (χ0n) is 11.1. The largest absolute Gasteiger partial charge is 0.495 e. The van der Waals surface area contributed by atoms with Gasteiger partial charge in [0.2, 0.25) is 0 Å². The number of ether oxygens (including phenoxy) is 1. The third kappa shape index (κ3) is 2.59. The molecule has 5 heteroatoms. The van der Waals surface area contributed by atoms with Crippen molar-refractivity contribution >= 4 is 5.97 Å². The highest BCUT2D eigenvalue weighted by atomic mass is 16.5. The minimum atomic E-state index is -0.974. The zero-order chi connectivity index (χ0) is 14.0. The van der Waals surface area contributed by atoms with Crippen LogP contribution in [0.3, 0.4) is 0 Å². The van der Waals surface area contributed by atoms with Crippen molar-refractivity contribution in [3.8, 4) is 11.4 Å². The maximum Gasteiger partial charge on any atom is 0.335 e. The molecule has 1 aromatic heterocycles. The van der Waals surface area contributed by atoms with Gasteiger partial charge in [-0.05, 0) is 24.1 Å². The molecule has 1 aromatic carbocycles. The molecule has 5 nitrogen and oxygen atoms in total. The molecule has 1 N–H and O–H groups in total. The SMILES string of the molecule is COc1cc(C(=O)O)ccc1-n1cnc(C(C)C)c1. The fourth-order valence-corrected chi connectivity index (χ4v) is 1.79. The number of aromatic carboxylic acids is 1. The van der Waals surface area contributed by atoms with Crippen LogP contribution in [0.2, 0.25) is 0 Å². The molecule has 0 amide bonds. The summed E-state index contributed by atoms with van der Waals surface area (Å²) in [5.41, 5.74) is 1.95. The normalized spacial score (nSPS) is 10.7. The first-order valence-corrected chi connectivity index (χ1v) is 5.98. The van der Waals surface area contributed by atoms with E-state index in [1.807, 2.05) is 10.8 Å². The Morgan fingerprint density at radius 1 is 1.42 bits per heavy atom. The van der Waals surface area contributed by atoms with Gasteiger partial charge in [0.25, 0.3) is 0 Å². The van der Waals surface area contributed by atoms with Crippen LogP contribution in [0, 0.1) is 0 Å². The third-order valence-corrected chi connectivity index (χ3v) is 2.90. The topological polar surface area (TPSA) is 64.3 Å². The Bertz CT molecular complexity index is 602. The van der Waals surface area contributed by atoms with E-state index in [0.717, 1.165) is 11.4 Å². The van der Waals surface area contributed by atoms with Gasteiger partial charge in [-0.1, -0.05) is 13.8 Å². The number of aromatic nitrogens is 2. The number of benzene rings is 1. The summed E-state index contributed by atoms with van der Waals surface area (Å²) >= 11 is 0. The lowest BCUT2D eigenvalue weighted by Crippen LogP contribution is -2.01. The number of methoxy groups -OCH3 is 1. The van der Waals surface area contributed by atoms with Gasteiger partial charge in [-0.2, -0.15) is 0 Å². The van der Waals surface area contributed by atoms with E-state index in [1.165, 1.54) is 13.2 Å². The highest BCUT2D eigenvalue weighted by Gasteiger charge is 2.12. The Hall–Kier alpha value is -2.30. The van der Waals surface area contributed by atoms with Gasteiger partial charge in [0.1, 0.15) is 5.75 Å². The molecular weight excluding hydrogens is 244 g/mol. The molecule has 0 radical (unpaired) electrons. The maximum atomic E-state index is 10.9. The predicted octanol–water partition coefficient (Wildman–Crippen LogP) is 2.70. The molecule has 0 bridgehead atoms. The van der Waals surface area contributed by atoms with Crippen molar-refractivity contribution in [1.82, 2.24) is 9.55 Å². The summed E-state index contributed by atoms with van der Waals surface area (Å²) in [7, 11) is 1.52. The first-order valence-electron chi connectivity index (χ1n) is 5.98. The highest BCUT2D eigenvalue weighted by molar-refractivity contribution is 5.88. The Kier molecular flexibility index (Phi) is 3.55. The number of hydrogen-bond acceptors (Lipinski definition) is 3. The number of imidazole rings is 1. The van der Waals surface area contributed by atoms with Crippen molar-refractivity contribution in [2.45, 2.75) is 19.8 Å². The van der Waals surface area contributed by atoms with Gasteiger partial charge >= 0.3 is 5.97 Å². The van der Waals surface area contributed by atoms with E-state index >= 15 is 0 Å². The van der Waals surface area contributed by atoms with Crippen LogP contribution in [-0.2, 0) is 0 Å². The molecule has 0 fully saturated rings. The summed E-state index contributed by atoms with van der Waals surface area (Å²) in [5.74, 6) is -0.128. The van der Waals surface area contributed by atoms with E-state index < -0.39 is 5.97 Å². The number of carboxylic acid groups (broad SMARTS) is 1. The smallest absolute Gasteiger partial charge is 0.335 e. The molecule has 2 rings (SSSR count). The fourth-order valence-electron chi connectivity index (χ4n) is 1.79. The molecule has 0 spiro atoms. The Labute approximate surface area is 111 Å². The molecule has 0 saturated heterocycles. The average molecular weight is 260 g/mol. The van der Waals surface area contributed by atoms with Crippen molar-refractivity contribution in [1.29, 1.82) is 0 Å². The van der Waals surface area contributed by atoms with Gasteiger partial charge in [0, 0.05) is 6.20 Å². The summed E-state index contributed by atoms with van der Waals surface area (Å²) in [5, 5.41) is 8.97. The van der Waals surface area contributed by atoms with Crippen molar-refractivity contribution in [3.63, 3.8) is 0 Å². The molecule has 19 heavy (non-hydrogen) atoms. The van der Waals surface area contributed by atoms with Gasteiger partial charge in [0.05, 0.1) is 30.4 Å². The Morgan fingerprint density at radius 3 is 2.68 bits per heavy atom. The Morgan fingerprint density at radius 2 is 2.16 bits per heavy atom. The number of rotatable bonds is 4. The van der Waals surface area contributed by atoms with Crippen LogP contribution in [0.15, 0.2) is 30.7 Å². The van der Waals surface area contributed by atoms with Gasteiger partial charge < -0.3 is 14.4 Å². The average Bonchev–Trinajstić information content (AvgIpc) is 2.87. The van der Waals surface area contributed by atoms with E-state index in [0.29, 0.717) is 11.7 Å². The van der Waals surface area contributed by atoms with Crippen LogP contribution < -0.4 is 4.74 Å². The molecule has 0 unspecified atom stereocenters. The molecular formula is C14H16N2O3. The maximum absolute atomic E-state index is 10.9. The molecule has 1 heterocycles. The van der Waals surface area contributed by atoms with Crippen LogP contribution in [0.25, 0.3) is 5.69 Å². The molecule has 0 saturated carbocycles. The number of nitrogens with zero attached hydrogens (tertiary/aromatic N) is 2. The standard InChI is InChI=1S/C14H16N2O3/c1-9(2)11-7-16(8-15-11)12-5-4-10(14(17)18)6-13(12)19-3/h4-9H,1-3H3,(H,17,18). The Balaban J connectivity index is 2.46. The minimum Gasteiger partial charge on any atom is -0.495 e. The lowest BCUT2D eigenvalue weighted by Gasteiger charge is -2.09. The molecule has 2 aromatic rings. The lowest BCUT2D eigenvalue weighted by molar-refractivity contribution is 0.0696. The van der Waals surface area contributed by atoms with Gasteiger partial charge in [0.15, 0.2) is 0 Å². The molecule has 0 aliphatic carbocycles. The minimum absolute atomic E-state index is 0.199. The van der Waals surface area contributed by atoms with E-state index in [1.54, 1.807) is 18.5 Å². The second-order valence-electron chi connectivity index (χ2n) is 4.55. The summed E-state index contributed by atoms with van der Waals surface area (Å²) in [6.07, 6.45) is 3.62. The first-order chi connectivity index (χ1) is 9.02. The van der Waals surface area contributed by atoms with Gasteiger partial charge in [-0.25, -0.2) is 9.78 Å². The summed E-state index contributed by atoms with van der Waals surface area (Å²) in [6.45, 7) is 4.13.